The maximum atomic E-state index is 13.0. The Morgan fingerprint density at radius 2 is 1.87 bits per heavy atom. The predicted molar refractivity (Wildman–Crippen MR) is 107 cm³/mol. The molecule has 0 radical (unpaired) electrons. The molecule has 1 aromatic rings. The van der Waals surface area contributed by atoms with Gasteiger partial charge in [0, 0.05) is 11.6 Å². The lowest BCUT2D eigenvalue weighted by atomic mass is 9.97. The molecule has 1 aliphatic heterocycles. The lowest BCUT2D eigenvalue weighted by Gasteiger charge is -2.28. The molecule has 3 aliphatic rings. The van der Waals surface area contributed by atoms with Crippen molar-refractivity contribution in [2.45, 2.75) is 63.1 Å². The molecular formula is C22H27N3O5. The van der Waals surface area contributed by atoms with Crippen molar-refractivity contribution in [2.24, 2.45) is 0 Å². The van der Waals surface area contributed by atoms with E-state index in [1.807, 2.05) is 0 Å². The highest BCUT2D eigenvalue weighted by Crippen LogP contribution is 2.41. The van der Waals surface area contributed by atoms with Gasteiger partial charge in [0.05, 0.1) is 13.2 Å². The number of hydrogen-bond donors (Lipinski definition) is 2. The van der Waals surface area contributed by atoms with Gasteiger partial charge in [0.1, 0.15) is 11.6 Å². The first-order valence-electron chi connectivity index (χ1n) is 10.6. The maximum absolute atomic E-state index is 13.0. The van der Waals surface area contributed by atoms with Crippen molar-refractivity contribution in [3.8, 4) is 0 Å². The van der Waals surface area contributed by atoms with E-state index in [0.29, 0.717) is 24.0 Å². The molecule has 0 saturated heterocycles. The monoisotopic (exact) mass is 413 g/mol. The molecule has 2 aliphatic carbocycles. The van der Waals surface area contributed by atoms with E-state index in [9.17, 15) is 19.2 Å². The molecule has 1 atom stereocenters. The second kappa shape index (κ2) is 8.08. The Hall–Kier alpha value is -2.90. The number of carbonyl (C=O) groups excluding carboxylic acids is 4. The number of carbonyl (C=O) groups is 4. The van der Waals surface area contributed by atoms with E-state index < -0.39 is 23.5 Å². The minimum absolute atomic E-state index is 0.0695. The third kappa shape index (κ3) is 3.66. The van der Waals surface area contributed by atoms with Crippen LogP contribution in [0, 0.1) is 0 Å². The van der Waals surface area contributed by atoms with Gasteiger partial charge in [-0.3, -0.25) is 14.4 Å². The number of hydrogen-bond acceptors (Lipinski definition) is 5. The summed E-state index contributed by atoms with van der Waals surface area (Å²) in [4.78, 5) is 52.3. The standard InChI is InChI=1S/C22H27N3O5/c1-2-30-21(29)22(11-5-6-12-22)24-17(26)13-23-19(27)18-15-7-3-4-8-16(15)20(28)25(18)14-9-10-14/h3-4,7-8,14,18H,2,5-6,9-13H2,1H3,(H,23,27)(H,24,26). The maximum Gasteiger partial charge on any atom is 0.331 e. The van der Waals surface area contributed by atoms with Crippen molar-refractivity contribution >= 4 is 23.7 Å². The van der Waals surface area contributed by atoms with Crippen molar-refractivity contribution in [2.75, 3.05) is 13.2 Å². The summed E-state index contributed by atoms with van der Waals surface area (Å²) in [5.41, 5.74) is 0.209. The van der Waals surface area contributed by atoms with Crippen LogP contribution in [0.15, 0.2) is 24.3 Å². The second-order valence-corrected chi connectivity index (χ2v) is 8.21. The summed E-state index contributed by atoms with van der Waals surface area (Å²) in [6, 6.07) is 6.45. The van der Waals surface area contributed by atoms with Crippen LogP contribution in [0.5, 0.6) is 0 Å². The SMILES string of the molecule is CCOC(=O)C1(NC(=O)CNC(=O)C2c3ccccc3C(=O)N2C2CC2)CCCC1. The third-order valence-electron chi connectivity index (χ3n) is 6.11. The molecule has 160 valence electrons. The first-order valence-corrected chi connectivity index (χ1v) is 10.6. The number of ether oxygens (including phenoxy) is 1. The van der Waals surface area contributed by atoms with Gasteiger partial charge in [-0.15, -0.1) is 0 Å². The van der Waals surface area contributed by atoms with E-state index >= 15 is 0 Å². The fourth-order valence-electron chi connectivity index (χ4n) is 4.54. The highest BCUT2D eigenvalue weighted by Gasteiger charge is 2.48. The molecule has 1 aromatic carbocycles. The van der Waals surface area contributed by atoms with Crippen LogP contribution in [0.2, 0.25) is 0 Å². The number of amides is 3. The molecule has 1 heterocycles. The molecule has 30 heavy (non-hydrogen) atoms. The summed E-state index contributed by atoms with van der Waals surface area (Å²) in [6.07, 6.45) is 4.50. The molecule has 8 nitrogen and oxygen atoms in total. The predicted octanol–water partition coefficient (Wildman–Crippen LogP) is 1.45. The van der Waals surface area contributed by atoms with Gasteiger partial charge in [-0.1, -0.05) is 31.0 Å². The lowest BCUT2D eigenvalue weighted by molar-refractivity contribution is -0.153. The van der Waals surface area contributed by atoms with Gasteiger partial charge in [-0.25, -0.2) is 4.79 Å². The molecule has 8 heteroatoms. The summed E-state index contributed by atoms with van der Waals surface area (Å²) in [5.74, 6) is -1.37. The van der Waals surface area contributed by atoms with Crippen LogP contribution in [-0.4, -0.2) is 53.3 Å². The third-order valence-corrected chi connectivity index (χ3v) is 6.11. The fourth-order valence-corrected chi connectivity index (χ4v) is 4.54. The lowest BCUT2D eigenvalue weighted by Crippen LogP contribution is -2.55. The van der Waals surface area contributed by atoms with E-state index in [2.05, 4.69) is 10.6 Å². The fraction of sp³-hybridized carbons (Fsp3) is 0.545. The van der Waals surface area contributed by atoms with E-state index in [-0.39, 0.29) is 31.0 Å². The van der Waals surface area contributed by atoms with Crippen molar-refractivity contribution in [3.05, 3.63) is 35.4 Å². The Morgan fingerprint density at radius 1 is 1.17 bits per heavy atom. The topological polar surface area (TPSA) is 105 Å². The molecule has 3 amide bonds. The van der Waals surface area contributed by atoms with Crippen LogP contribution in [-0.2, 0) is 19.1 Å². The van der Waals surface area contributed by atoms with E-state index in [1.54, 1.807) is 36.1 Å². The first-order chi connectivity index (χ1) is 14.5. The zero-order chi connectivity index (χ0) is 21.3. The molecule has 1 unspecified atom stereocenters. The molecule has 0 bridgehead atoms. The van der Waals surface area contributed by atoms with Crippen molar-refractivity contribution in [1.29, 1.82) is 0 Å². The Bertz CT molecular complexity index is 873. The van der Waals surface area contributed by atoms with Gasteiger partial charge in [0.2, 0.25) is 11.8 Å². The number of benzene rings is 1. The molecule has 0 spiro atoms. The highest BCUT2D eigenvalue weighted by atomic mass is 16.5. The largest absolute Gasteiger partial charge is 0.464 e. The van der Waals surface area contributed by atoms with E-state index in [4.69, 9.17) is 4.74 Å². The first kappa shape index (κ1) is 20.4. The Balaban J connectivity index is 1.42. The summed E-state index contributed by atoms with van der Waals surface area (Å²) in [6.45, 7) is 1.72. The smallest absolute Gasteiger partial charge is 0.331 e. The highest BCUT2D eigenvalue weighted by molar-refractivity contribution is 6.05. The number of nitrogens with zero attached hydrogens (tertiary/aromatic N) is 1. The minimum atomic E-state index is -1.01. The van der Waals surface area contributed by atoms with Crippen LogP contribution in [0.4, 0.5) is 0 Å². The number of fused-ring (bicyclic) bond motifs is 1. The van der Waals surface area contributed by atoms with Crippen LogP contribution >= 0.6 is 0 Å². The number of esters is 1. The van der Waals surface area contributed by atoms with E-state index in [1.165, 1.54) is 0 Å². The normalized spacial score (nSPS) is 21.8. The van der Waals surface area contributed by atoms with E-state index in [0.717, 1.165) is 25.7 Å². The Morgan fingerprint density at radius 3 is 2.53 bits per heavy atom. The average Bonchev–Trinajstić information content (AvgIpc) is 3.39. The summed E-state index contributed by atoms with van der Waals surface area (Å²) < 4.78 is 5.15. The van der Waals surface area contributed by atoms with Gasteiger partial charge >= 0.3 is 5.97 Å². The second-order valence-electron chi connectivity index (χ2n) is 8.21. The van der Waals surface area contributed by atoms with Gasteiger partial charge in [0.15, 0.2) is 0 Å². The summed E-state index contributed by atoms with van der Waals surface area (Å²) >= 11 is 0. The zero-order valence-corrected chi connectivity index (χ0v) is 17.1. The minimum Gasteiger partial charge on any atom is -0.464 e. The quantitative estimate of drug-likeness (QED) is 0.659. The average molecular weight is 413 g/mol. The zero-order valence-electron chi connectivity index (χ0n) is 17.1. The Kier molecular flexibility index (Phi) is 5.49. The Labute approximate surface area is 175 Å². The van der Waals surface area contributed by atoms with Crippen molar-refractivity contribution in [1.82, 2.24) is 15.5 Å². The van der Waals surface area contributed by atoms with Gasteiger partial charge in [-0.05, 0) is 44.2 Å². The van der Waals surface area contributed by atoms with Gasteiger partial charge in [0.25, 0.3) is 5.91 Å². The molecule has 0 aromatic heterocycles. The molecule has 2 saturated carbocycles. The summed E-state index contributed by atoms with van der Waals surface area (Å²) in [7, 11) is 0. The molecule has 2 N–H and O–H groups in total. The molecule has 4 rings (SSSR count). The number of rotatable bonds is 7. The van der Waals surface area contributed by atoms with Gasteiger partial charge in [-0.2, -0.15) is 0 Å². The van der Waals surface area contributed by atoms with Crippen LogP contribution < -0.4 is 10.6 Å². The molecular weight excluding hydrogens is 386 g/mol. The molecule has 2 fully saturated rings. The van der Waals surface area contributed by atoms with Crippen molar-refractivity contribution in [3.63, 3.8) is 0 Å². The summed E-state index contributed by atoms with van der Waals surface area (Å²) in [5, 5.41) is 5.45. The van der Waals surface area contributed by atoms with Crippen LogP contribution in [0.3, 0.4) is 0 Å². The van der Waals surface area contributed by atoms with Gasteiger partial charge < -0.3 is 20.3 Å². The number of nitrogens with one attached hydrogen (secondary N) is 2. The van der Waals surface area contributed by atoms with Crippen LogP contribution in [0.1, 0.15) is 67.4 Å². The van der Waals surface area contributed by atoms with Crippen molar-refractivity contribution < 1.29 is 23.9 Å². The van der Waals surface area contributed by atoms with Crippen LogP contribution in [0.25, 0.3) is 0 Å².